The predicted molar refractivity (Wildman–Crippen MR) is 144 cm³/mol. The van der Waals surface area contributed by atoms with E-state index in [9.17, 15) is 14.4 Å². The summed E-state index contributed by atoms with van der Waals surface area (Å²) in [5, 5.41) is 5.10. The van der Waals surface area contributed by atoms with E-state index in [4.69, 9.17) is 10.7 Å². The number of nitrogens with zero attached hydrogens (tertiary/aromatic N) is 5. The van der Waals surface area contributed by atoms with Gasteiger partial charge in [0.2, 0.25) is 0 Å². The topological polar surface area (TPSA) is 132 Å². The maximum Gasteiger partial charge on any atom is 0.330 e. The molecule has 10 heteroatoms. The molecule has 0 aliphatic carbocycles. The van der Waals surface area contributed by atoms with E-state index in [1.165, 1.54) is 9.47 Å². The number of H-pyrrole nitrogens is 1. The van der Waals surface area contributed by atoms with Crippen molar-refractivity contribution in [1.29, 1.82) is 0 Å². The second-order valence-electron chi connectivity index (χ2n) is 9.83. The number of amides is 1. The third-order valence-corrected chi connectivity index (χ3v) is 6.35. The van der Waals surface area contributed by atoms with Crippen LogP contribution in [0.4, 0.5) is 11.5 Å². The number of aromatic nitrogens is 5. The molecule has 3 aromatic heterocycles. The van der Waals surface area contributed by atoms with Crippen LogP contribution in [0.5, 0.6) is 0 Å². The molecule has 0 saturated carbocycles. The third kappa shape index (κ3) is 5.37. The monoisotopic (exact) mass is 497 g/mol. The van der Waals surface area contributed by atoms with Crippen molar-refractivity contribution < 1.29 is 4.79 Å². The van der Waals surface area contributed by atoms with Crippen molar-refractivity contribution in [3.8, 4) is 0 Å². The summed E-state index contributed by atoms with van der Waals surface area (Å²) in [6.07, 6.45) is 5.74. The predicted octanol–water partition coefficient (Wildman–Crippen LogP) is 4.20. The van der Waals surface area contributed by atoms with Gasteiger partial charge in [0.05, 0.1) is 17.1 Å². The van der Waals surface area contributed by atoms with Crippen LogP contribution in [-0.4, -0.2) is 36.8 Å². The highest BCUT2D eigenvalue weighted by molar-refractivity contribution is 6.14. The summed E-state index contributed by atoms with van der Waals surface area (Å²) in [6.45, 7) is 12.8. The van der Waals surface area contributed by atoms with E-state index < -0.39 is 11.2 Å². The van der Waals surface area contributed by atoms with E-state index in [0.717, 1.165) is 31.4 Å². The average molecular weight is 498 g/mol. The van der Waals surface area contributed by atoms with E-state index >= 15 is 0 Å². The maximum absolute atomic E-state index is 14.2. The highest BCUT2D eigenvalue weighted by Gasteiger charge is 2.28. The van der Waals surface area contributed by atoms with E-state index in [0.29, 0.717) is 36.1 Å². The SMILES string of the molecule is CCCCCN(C(=O)c1cc(C(C)C)nc2c1cnn2C(C)C)c1c(N)n(CCCC)c(=O)[nH]c1=O. The van der Waals surface area contributed by atoms with Crippen LogP contribution in [0.2, 0.25) is 0 Å². The quantitative estimate of drug-likeness (QED) is 0.382. The molecule has 0 aromatic carbocycles. The molecule has 0 radical (unpaired) electrons. The van der Waals surface area contributed by atoms with E-state index in [1.807, 2.05) is 34.6 Å². The lowest BCUT2D eigenvalue weighted by molar-refractivity contribution is 0.0987. The Balaban J connectivity index is 2.24. The molecule has 3 rings (SSSR count). The molecule has 3 aromatic rings. The second-order valence-corrected chi connectivity index (χ2v) is 9.83. The normalized spacial score (nSPS) is 11.7. The van der Waals surface area contributed by atoms with Crippen molar-refractivity contribution >= 4 is 28.4 Å². The molecule has 196 valence electrons. The Hall–Kier alpha value is -3.43. The van der Waals surface area contributed by atoms with Gasteiger partial charge in [-0.15, -0.1) is 0 Å². The summed E-state index contributed by atoms with van der Waals surface area (Å²) in [7, 11) is 0. The van der Waals surface area contributed by atoms with Crippen LogP contribution in [0.1, 0.15) is 102 Å². The molecule has 0 aliphatic heterocycles. The summed E-state index contributed by atoms with van der Waals surface area (Å²) in [5.41, 5.74) is 6.99. The van der Waals surface area contributed by atoms with Crippen molar-refractivity contribution in [3.05, 3.63) is 44.4 Å². The number of nitrogens with two attached hydrogens (primary N) is 1. The Morgan fingerprint density at radius 2 is 1.81 bits per heavy atom. The number of carbonyl (C=O) groups is 1. The summed E-state index contributed by atoms with van der Waals surface area (Å²) in [4.78, 5) is 48.3. The van der Waals surface area contributed by atoms with Gasteiger partial charge in [-0.05, 0) is 38.7 Å². The largest absolute Gasteiger partial charge is 0.383 e. The lowest BCUT2D eigenvalue weighted by Crippen LogP contribution is -2.41. The van der Waals surface area contributed by atoms with Crippen LogP contribution in [0, 0.1) is 0 Å². The van der Waals surface area contributed by atoms with Gasteiger partial charge in [-0.1, -0.05) is 47.0 Å². The Labute approximate surface area is 211 Å². The number of nitrogen functional groups attached to an aromatic ring is 1. The smallest absolute Gasteiger partial charge is 0.330 e. The molecular weight excluding hydrogens is 458 g/mol. The molecule has 0 unspecified atom stereocenters. The number of unbranched alkanes of at least 4 members (excludes halogenated alkanes) is 3. The first-order valence-electron chi connectivity index (χ1n) is 12.9. The van der Waals surface area contributed by atoms with Gasteiger partial charge < -0.3 is 10.6 Å². The molecule has 0 bridgehead atoms. The van der Waals surface area contributed by atoms with Gasteiger partial charge in [0.15, 0.2) is 11.3 Å². The molecule has 0 aliphatic rings. The number of fused-ring (bicyclic) bond motifs is 1. The number of hydrogen-bond donors (Lipinski definition) is 2. The minimum atomic E-state index is -0.664. The van der Waals surface area contributed by atoms with Crippen molar-refractivity contribution in [3.63, 3.8) is 0 Å². The molecule has 3 N–H and O–H groups in total. The highest BCUT2D eigenvalue weighted by Crippen LogP contribution is 2.28. The van der Waals surface area contributed by atoms with Crippen LogP contribution in [-0.2, 0) is 6.54 Å². The third-order valence-electron chi connectivity index (χ3n) is 6.35. The van der Waals surface area contributed by atoms with Gasteiger partial charge in [0.25, 0.3) is 11.5 Å². The standard InChI is InChI=1S/C26H39N7O3/c1-7-9-11-13-31(21-22(27)32(12-10-8-2)26(36)30-24(21)34)25(35)18-14-20(16(3)4)29-23-19(18)15-28-33(23)17(5)6/h14-17H,7-13,27H2,1-6H3,(H,30,34,36). The van der Waals surface area contributed by atoms with E-state index in [1.54, 1.807) is 16.9 Å². The van der Waals surface area contributed by atoms with E-state index in [-0.39, 0.29) is 29.4 Å². The summed E-state index contributed by atoms with van der Waals surface area (Å²) >= 11 is 0. The number of aromatic amines is 1. The zero-order chi connectivity index (χ0) is 26.6. The van der Waals surface area contributed by atoms with Gasteiger partial charge in [-0.3, -0.25) is 19.1 Å². The molecule has 1 amide bonds. The van der Waals surface area contributed by atoms with E-state index in [2.05, 4.69) is 17.0 Å². The maximum atomic E-state index is 14.2. The van der Waals surface area contributed by atoms with Gasteiger partial charge in [0, 0.05) is 24.8 Å². The van der Waals surface area contributed by atoms with Crippen molar-refractivity contribution in [1.82, 2.24) is 24.3 Å². The number of hydrogen-bond acceptors (Lipinski definition) is 6. The first-order valence-corrected chi connectivity index (χ1v) is 12.9. The molecule has 0 fully saturated rings. The van der Waals surface area contributed by atoms with Crippen molar-refractivity contribution in [2.24, 2.45) is 0 Å². The number of rotatable bonds is 11. The van der Waals surface area contributed by atoms with Crippen LogP contribution < -0.4 is 21.9 Å². The van der Waals surface area contributed by atoms with Gasteiger partial charge in [0.1, 0.15) is 5.82 Å². The van der Waals surface area contributed by atoms with Gasteiger partial charge >= 0.3 is 5.69 Å². The lowest BCUT2D eigenvalue weighted by Gasteiger charge is -2.25. The minimum Gasteiger partial charge on any atom is -0.383 e. The zero-order valence-corrected chi connectivity index (χ0v) is 22.3. The van der Waals surface area contributed by atoms with Gasteiger partial charge in [-0.25, -0.2) is 14.5 Å². The molecular formula is C26H39N7O3. The average Bonchev–Trinajstić information content (AvgIpc) is 3.26. The number of carbonyl (C=O) groups excluding carboxylic acids is 1. The Morgan fingerprint density at radius 1 is 1.11 bits per heavy atom. The van der Waals surface area contributed by atoms with Crippen molar-refractivity contribution in [2.75, 3.05) is 17.2 Å². The zero-order valence-electron chi connectivity index (χ0n) is 22.3. The first-order chi connectivity index (χ1) is 17.1. The fourth-order valence-corrected chi connectivity index (χ4v) is 4.24. The number of pyridine rings is 1. The molecule has 0 saturated heterocycles. The Morgan fingerprint density at radius 3 is 2.42 bits per heavy atom. The second kappa shape index (κ2) is 11.5. The fourth-order valence-electron chi connectivity index (χ4n) is 4.24. The Bertz CT molecular complexity index is 1330. The molecule has 0 atom stereocenters. The van der Waals surface area contributed by atoms with Crippen LogP contribution in [0.25, 0.3) is 11.0 Å². The first kappa shape index (κ1) is 27.2. The summed E-state index contributed by atoms with van der Waals surface area (Å²) in [6, 6.07) is 1.84. The molecule has 36 heavy (non-hydrogen) atoms. The summed E-state index contributed by atoms with van der Waals surface area (Å²) in [5.74, 6) is -0.273. The number of nitrogens with one attached hydrogen (secondary N) is 1. The highest BCUT2D eigenvalue weighted by atomic mass is 16.2. The number of anilines is 2. The Kier molecular flexibility index (Phi) is 8.70. The van der Waals surface area contributed by atoms with Crippen LogP contribution in [0.15, 0.2) is 21.9 Å². The summed E-state index contributed by atoms with van der Waals surface area (Å²) < 4.78 is 3.14. The lowest BCUT2D eigenvalue weighted by atomic mass is 10.0. The molecule has 3 heterocycles. The van der Waals surface area contributed by atoms with Crippen LogP contribution in [0.3, 0.4) is 0 Å². The fraction of sp³-hybridized carbons (Fsp3) is 0.577. The van der Waals surface area contributed by atoms with Crippen LogP contribution >= 0.6 is 0 Å². The van der Waals surface area contributed by atoms with Crippen molar-refractivity contribution in [2.45, 2.75) is 92.2 Å². The molecule has 10 nitrogen and oxygen atoms in total. The molecule has 0 spiro atoms. The minimum absolute atomic E-state index is 0.00862. The van der Waals surface area contributed by atoms with Gasteiger partial charge in [-0.2, -0.15) is 5.10 Å².